The molecule has 8 nitrogen and oxygen atoms in total. The van der Waals surface area contributed by atoms with E-state index < -0.39 is 17.4 Å². The number of rotatable bonds is 7. The van der Waals surface area contributed by atoms with E-state index in [0.29, 0.717) is 0 Å². The molecule has 0 aromatic heterocycles. The Morgan fingerprint density at radius 1 is 1.24 bits per heavy atom. The van der Waals surface area contributed by atoms with Crippen LogP contribution in [-0.2, 0) is 28.7 Å². The van der Waals surface area contributed by atoms with E-state index in [9.17, 15) is 14.4 Å². The summed E-state index contributed by atoms with van der Waals surface area (Å²) in [4.78, 5) is 47.0. The van der Waals surface area contributed by atoms with E-state index in [4.69, 9.17) is 19.8 Å². The fourth-order valence-electron chi connectivity index (χ4n) is 1.13. The Morgan fingerprint density at radius 2 is 1.59 bits per heavy atom. The lowest BCUT2D eigenvalue weighted by Gasteiger charge is -2.24. The van der Waals surface area contributed by atoms with Gasteiger partial charge < -0.3 is 14.9 Å². The Balaban J connectivity index is 0. The van der Waals surface area contributed by atoms with Crippen LogP contribution in [0.15, 0.2) is 0 Å². The Kier molecular flexibility index (Phi) is 9.15. The molecule has 0 spiro atoms. The number of carboxylic acid groups (broad SMARTS) is 2. The highest BCUT2D eigenvalue weighted by Crippen LogP contribution is 2.26. The van der Waals surface area contributed by atoms with E-state index in [1.165, 1.54) is 6.92 Å². The lowest BCUT2D eigenvalue weighted by atomic mass is 9.84. The van der Waals surface area contributed by atoms with Gasteiger partial charge in [0.05, 0.1) is 19.4 Å². The van der Waals surface area contributed by atoms with E-state index in [-0.39, 0.29) is 32.1 Å². The summed E-state index contributed by atoms with van der Waals surface area (Å²) in [5.41, 5.74) is -1.06. The molecule has 0 bridgehead atoms. The molecular formula is C9H12O8. The molecule has 0 aromatic rings. The molecule has 0 amide bonds. The van der Waals surface area contributed by atoms with Crippen LogP contribution in [0, 0.1) is 5.41 Å². The lowest BCUT2D eigenvalue weighted by molar-refractivity contribution is -0.191. The Labute approximate surface area is 96.2 Å². The normalized spacial score (nSPS) is 9.24. The first-order valence-electron chi connectivity index (χ1n) is 4.29. The summed E-state index contributed by atoms with van der Waals surface area (Å²) >= 11 is 0. The summed E-state index contributed by atoms with van der Waals surface area (Å²) in [6, 6.07) is 0. The number of hydrogen-bond donors (Lipinski definition) is 2. The zero-order valence-electron chi connectivity index (χ0n) is 9.04. The molecule has 0 fully saturated rings. The molecule has 0 heterocycles. The summed E-state index contributed by atoms with van der Waals surface area (Å²) in [5, 5.41) is 17.0. The average molecular weight is 248 g/mol. The van der Waals surface area contributed by atoms with Crippen molar-refractivity contribution in [1.29, 1.82) is 0 Å². The molecule has 0 saturated heterocycles. The first kappa shape index (κ1) is 17.2. The van der Waals surface area contributed by atoms with E-state index >= 15 is 0 Å². The zero-order valence-corrected chi connectivity index (χ0v) is 9.04. The first-order valence-corrected chi connectivity index (χ1v) is 4.29. The summed E-state index contributed by atoms with van der Waals surface area (Å²) in [7, 11) is 0. The second kappa shape index (κ2) is 9.05. The van der Waals surface area contributed by atoms with Gasteiger partial charge in [0.15, 0.2) is 0 Å². The maximum absolute atomic E-state index is 10.4. The number of hydrogen-bond acceptors (Lipinski definition) is 6. The standard InChI is InChI=1S/C8H12O6.CO2/c1-8(2-6(10)11,3-7(12)13)4-14-5-9;2-1-3/h5H,2-4H2,1H3,(H,10,11)(H,12,13);. The van der Waals surface area contributed by atoms with Crippen molar-refractivity contribution in [2.45, 2.75) is 19.8 Å². The third-order valence-electron chi connectivity index (χ3n) is 1.66. The van der Waals surface area contributed by atoms with Crippen molar-refractivity contribution < 1.29 is 38.9 Å². The molecule has 8 heteroatoms. The summed E-state index contributed by atoms with van der Waals surface area (Å²) in [5.74, 6) is -2.24. The zero-order chi connectivity index (χ0) is 13.9. The number of ether oxygens (including phenoxy) is 1. The van der Waals surface area contributed by atoms with Gasteiger partial charge in [0, 0.05) is 5.41 Å². The number of carbonyl (C=O) groups excluding carboxylic acids is 3. The maximum Gasteiger partial charge on any atom is 0.373 e. The summed E-state index contributed by atoms with van der Waals surface area (Å²) in [6.07, 6.45) is -0.458. The number of carbonyl (C=O) groups is 3. The van der Waals surface area contributed by atoms with Crippen LogP contribution < -0.4 is 0 Å². The van der Waals surface area contributed by atoms with Gasteiger partial charge in [-0.3, -0.25) is 14.4 Å². The van der Waals surface area contributed by atoms with Gasteiger partial charge in [-0.2, -0.15) is 9.59 Å². The van der Waals surface area contributed by atoms with Gasteiger partial charge in [-0.05, 0) is 0 Å². The smallest absolute Gasteiger partial charge is 0.373 e. The van der Waals surface area contributed by atoms with Crippen LogP contribution in [0.3, 0.4) is 0 Å². The van der Waals surface area contributed by atoms with Crippen molar-refractivity contribution in [2.75, 3.05) is 6.61 Å². The average Bonchev–Trinajstić information content (AvgIpc) is 2.13. The summed E-state index contributed by atoms with van der Waals surface area (Å²) < 4.78 is 4.39. The fraction of sp³-hybridized carbons (Fsp3) is 0.556. The highest BCUT2D eigenvalue weighted by atomic mass is 16.5. The molecule has 2 N–H and O–H groups in total. The van der Waals surface area contributed by atoms with Gasteiger partial charge >= 0.3 is 18.1 Å². The predicted molar refractivity (Wildman–Crippen MR) is 49.6 cm³/mol. The lowest BCUT2D eigenvalue weighted by Crippen LogP contribution is -2.29. The highest BCUT2D eigenvalue weighted by molar-refractivity contribution is 5.71. The topological polar surface area (TPSA) is 135 Å². The first-order chi connectivity index (χ1) is 7.81. The molecule has 0 rings (SSSR count). The molecule has 17 heavy (non-hydrogen) atoms. The molecule has 0 saturated carbocycles. The quantitative estimate of drug-likeness (QED) is 0.577. The molecule has 0 aliphatic heterocycles. The van der Waals surface area contributed by atoms with Crippen LogP contribution >= 0.6 is 0 Å². The monoisotopic (exact) mass is 248 g/mol. The van der Waals surface area contributed by atoms with Crippen molar-refractivity contribution in [3.8, 4) is 0 Å². The van der Waals surface area contributed by atoms with E-state index in [1.54, 1.807) is 0 Å². The molecular weight excluding hydrogens is 236 g/mol. The van der Waals surface area contributed by atoms with Gasteiger partial charge in [0.1, 0.15) is 0 Å². The molecule has 0 aliphatic carbocycles. The molecule has 96 valence electrons. The van der Waals surface area contributed by atoms with Crippen molar-refractivity contribution in [1.82, 2.24) is 0 Å². The number of aliphatic carboxylic acids is 2. The second-order valence-corrected chi connectivity index (χ2v) is 3.44. The van der Waals surface area contributed by atoms with Crippen LogP contribution in [0.5, 0.6) is 0 Å². The fourth-order valence-corrected chi connectivity index (χ4v) is 1.13. The molecule has 0 aliphatic rings. The van der Waals surface area contributed by atoms with Crippen molar-refractivity contribution in [3.63, 3.8) is 0 Å². The van der Waals surface area contributed by atoms with Gasteiger partial charge in [-0.25, -0.2) is 0 Å². The van der Waals surface area contributed by atoms with E-state index in [0.717, 1.165) is 0 Å². The molecule has 0 aromatic carbocycles. The minimum absolute atomic E-state index is 0.169. The van der Waals surface area contributed by atoms with Crippen molar-refractivity contribution >= 4 is 24.6 Å². The largest absolute Gasteiger partial charge is 0.481 e. The Morgan fingerprint density at radius 3 is 1.82 bits per heavy atom. The second-order valence-electron chi connectivity index (χ2n) is 3.44. The number of carboxylic acids is 2. The van der Waals surface area contributed by atoms with Crippen LogP contribution in [0.25, 0.3) is 0 Å². The highest BCUT2D eigenvalue weighted by Gasteiger charge is 2.31. The van der Waals surface area contributed by atoms with Gasteiger partial charge in [0.25, 0.3) is 6.47 Å². The molecule has 0 atom stereocenters. The third-order valence-corrected chi connectivity index (χ3v) is 1.66. The van der Waals surface area contributed by atoms with Crippen molar-refractivity contribution in [2.24, 2.45) is 5.41 Å². The van der Waals surface area contributed by atoms with Crippen LogP contribution in [-0.4, -0.2) is 41.4 Å². The van der Waals surface area contributed by atoms with Crippen LogP contribution in [0.2, 0.25) is 0 Å². The minimum Gasteiger partial charge on any atom is -0.481 e. The van der Waals surface area contributed by atoms with E-state index in [1.807, 2.05) is 0 Å². The maximum atomic E-state index is 10.4. The summed E-state index contributed by atoms with van der Waals surface area (Å²) in [6.45, 7) is 1.40. The van der Waals surface area contributed by atoms with Crippen LogP contribution in [0.1, 0.15) is 19.8 Å². The molecule has 0 unspecified atom stereocenters. The van der Waals surface area contributed by atoms with Gasteiger partial charge in [-0.15, -0.1) is 0 Å². The van der Waals surface area contributed by atoms with E-state index in [2.05, 4.69) is 4.74 Å². The Bertz CT molecular complexity index is 286. The Hall–Kier alpha value is -2.21. The third kappa shape index (κ3) is 11.7. The SMILES string of the molecule is CC(COC=O)(CC(=O)O)CC(=O)O.O=C=O. The minimum atomic E-state index is -1.12. The van der Waals surface area contributed by atoms with Gasteiger partial charge in [0.2, 0.25) is 0 Å². The van der Waals surface area contributed by atoms with Crippen molar-refractivity contribution in [3.05, 3.63) is 0 Å². The van der Waals surface area contributed by atoms with Crippen LogP contribution in [0.4, 0.5) is 0 Å². The molecule has 0 radical (unpaired) electrons. The van der Waals surface area contributed by atoms with Gasteiger partial charge in [-0.1, -0.05) is 6.92 Å². The predicted octanol–water partition coefficient (Wildman–Crippen LogP) is -0.468.